The first-order chi connectivity index (χ1) is 13.5. The van der Waals surface area contributed by atoms with Crippen LogP contribution in [0.3, 0.4) is 0 Å². The third-order valence-electron chi connectivity index (χ3n) is 4.36. The highest BCUT2D eigenvalue weighted by atomic mass is 32.2. The van der Waals surface area contributed by atoms with Crippen molar-refractivity contribution in [2.75, 3.05) is 11.1 Å². The SMILES string of the molecule is CC(=O)c1ccc(NC(=O)CCSc2nnc(-c3ccccc3C)n2C)cc1. The van der Waals surface area contributed by atoms with E-state index in [0.29, 0.717) is 23.4 Å². The molecule has 0 bridgehead atoms. The Morgan fingerprint density at radius 3 is 2.46 bits per heavy atom. The van der Waals surface area contributed by atoms with Crippen LogP contribution in [0.25, 0.3) is 11.4 Å². The average Bonchev–Trinajstić information content (AvgIpc) is 3.03. The second-order valence-corrected chi connectivity index (χ2v) is 7.52. The topological polar surface area (TPSA) is 76.9 Å². The van der Waals surface area contributed by atoms with Gasteiger partial charge in [0.15, 0.2) is 16.8 Å². The lowest BCUT2D eigenvalue weighted by Crippen LogP contribution is -2.12. The number of carbonyl (C=O) groups excluding carboxylic acids is 2. The molecule has 0 radical (unpaired) electrons. The maximum Gasteiger partial charge on any atom is 0.225 e. The van der Waals surface area contributed by atoms with Gasteiger partial charge in [-0.25, -0.2) is 0 Å². The molecule has 0 fully saturated rings. The normalized spacial score (nSPS) is 10.7. The predicted octanol–water partition coefficient (Wildman–Crippen LogP) is 4.11. The molecule has 0 unspecified atom stereocenters. The second-order valence-electron chi connectivity index (χ2n) is 6.46. The third-order valence-corrected chi connectivity index (χ3v) is 5.38. The number of amides is 1. The minimum Gasteiger partial charge on any atom is -0.326 e. The van der Waals surface area contributed by atoms with E-state index in [1.807, 2.05) is 42.8 Å². The molecule has 2 aromatic carbocycles. The summed E-state index contributed by atoms with van der Waals surface area (Å²) < 4.78 is 1.95. The molecule has 1 N–H and O–H groups in total. The fourth-order valence-corrected chi connectivity index (χ4v) is 3.59. The van der Waals surface area contributed by atoms with E-state index in [-0.39, 0.29) is 11.7 Å². The molecular weight excluding hydrogens is 372 g/mol. The number of Topliss-reactive ketones (excluding diaryl/α,β-unsaturated/α-hetero) is 1. The molecule has 3 rings (SSSR count). The summed E-state index contributed by atoms with van der Waals surface area (Å²) in [6.45, 7) is 3.56. The Labute approximate surface area is 168 Å². The molecule has 6 nitrogen and oxygen atoms in total. The number of benzene rings is 2. The molecule has 0 spiro atoms. The van der Waals surface area contributed by atoms with Crippen LogP contribution in [0, 0.1) is 6.92 Å². The van der Waals surface area contributed by atoms with Crippen molar-refractivity contribution in [3.8, 4) is 11.4 Å². The van der Waals surface area contributed by atoms with E-state index >= 15 is 0 Å². The van der Waals surface area contributed by atoms with E-state index in [9.17, 15) is 9.59 Å². The summed E-state index contributed by atoms with van der Waals surface area (Å²) in [4.78, 5) is 23.4. The Kier molecular flexibility index (Phi) is 6.26. The van der Waals surface area contributed by atoms with Crippen molar-refractivity contribution >= 4 is 29.1 Å². The second kappa shape index (κ2) is 8.84. The Balaban J connectivity index is 1.54. The smallest absolute Gasteiger partial charge is 0.225 e. The van der Waals surface area contributed by atoms with Gasteiger partial charge in [-0.3, -0.25) is 9.59 Å². The molecule has 0 aliphatic carbocycles. The van der Waals surface area contributed by atoms with Crippen molar-refractivity contribution < 1.29 is 9.59 Å². The van der Waals surface area contributed by atoms with E-state index in [0.717, 1.165) is 22.1 Å². The highest BCUT2D eigenvalue weighted by molar-refractivity contribution is 7.99. The molecule has 1 heterocycles. The van der Waals surface area contributed by atoms with Crippen molar-refractivity contribution in [2.24, 2.45) is 7.05 Å². The molecule has 144 valence electrons. The largest absolute Gasteiger partial charge is 0.326 e. The number of nitrogens with zero attached hydrogens (tertiary/aromatic N) is 3. The van der Waals surface area contributed by atoms with Crippen LogP contribution in [0.15, 0.2) is 53.7 Å². The minimum atomic E-state index is -0.0793. The van der Waals surface area contributed by atoms with Gasteiger partial charge in [-0.05, 0) is 43.7 Å². The Morgan fingerprint density at radius 1 is 1.07 bits per heavy atom. The number of hydrogen-bond acceptors (Lipinski definition) is 5. The third kappa shape index (κ3) is 4.67. The Hall–Kier alpha value is -2.93. The lowest BCUT2D eigenvalue weighted by Gasteiger charge is -2.07. The van der Waals surface area contributed by atoms with Crippen molar-refractivity contribution in [3.05, 3.63) is 59.7 Å². The molecule has 0 saturated carbocycles. The van der Waals surface area contributed by atoms with Crippen molar-refractivity contribution in [2.45, 2.75) is 25.4 Å². The van der Waals surface area contributed by atoms with E-state index in [1.54, 1.807) is 24.3 Å². The average molecular weight is 395 g/mol. The molecular formula is C21H22N4O2S. The lowest BCUT2D eigenvalue weighted by atomic mass is 10.1. The molecule has 3 aromatic rings. The Bertz CT molecular complexity index is 996. The van der Waals surface area contributed by atoms with E-state index < -0.39 is 0 Å². The van der Waals surface area contributed by atoms with Gasteiger partial charge in [-0.15, -0.1) is 10.2 Å². The first-order valence-corrected chi connectivity index (χ1v) is 9.93. The highest BCUT2D eigenvalue weighted by Crippen LogP contribution is 2.25. The maximum absolute atomic E-state index is 12.1. The number of thioether (sulfide) groups is 1. The number of hydrogen-bond donors (Lipinski definition) is 1. The number of anilines is 1. The van der Waals surface area contributed by atoms with Gasteiger partial charge in [0.1, 0.15) is 0 Å². The highest BCUT2D eigenvalue weighted by Gasteiger charge is 2.13. The summed E-state index contributed by atoms with van der Waals surface area (Å²) in [7, 11) is 1.93. The summed E-state index contributed by atoms with van der Waals surface area (Å²) in [5.41, 5.74) is 3.50. The molecule has 7 heteroatoms. The summed E-state index contributed by atoms with van der Waals surface area (Å²) >= 11 is 1.50. The number of carbonyl (C=O) groups is 2. The summed E-state index contributed by atoms with van der Waals surface area (Å²) in [5.74, 6) is 1.33. The van der Waals surface area contributed by atoms with Gasteiger partial charge in [-0.2, -0.15) is 0 Å². The van der Waals surface area contributed by atoms with Crippen LogP contribution in [0.1, 0.15) is 29.3 Å². The molecule has 28 heavy (non-hydrogen) atoms. The van der Waals surface area contributed by atoms with Gasteiger partial charge in [0.2, 0.25) is 5.91 Å². The van der Waals surface area contributed by atoms with Gasteiger partial charge in [0, 0.05) is 36.0 Å². The zero-order valence-corrected chi connectivity index (χ0v) is 16.9. The van der Waals surface area contributed by atoms with Crippen molar-refractivity contribution in [3.63, 3.8) is 0 Å². The molecule has 0 atom stereocenters. The first kappa shape index (κ1) is 19.8. The predicted molar refractivity (Wildman–Crippen MR) is 112 cm³/mol. The maximum atomic E-state index is 12.1. The molecule has 0 aliphatic rings. The van der Waals surface area contributed by atoms with Crippen LogP contribution in [-0.4, -0.2) is 32.2 Å². The van der Waals surface area contributed by atoms with Crippen LogP contribution < -0.4 is 5.32 Å². The number of aryl methyl sites for hydroxylation is 1. The van der Waals surface area contributed by atoms with Gasteiger partial charge in [-0.1, -0.05) is 36.0 Å². The van der Waals surface area contributed by atoms with Crippen LogP contribution in [0.2, 0.25) is 0 Å². The summed E-state index contributed by atoms with van der Waals surface area (Å²) in [6.07, 6.45) is 0.353. The summed E-state index contributed by atoms with van der Waals surface area (Å²) in [6, 6.07) is 14.9. The van der Waals surface area contributed by atoms with Crippen LogP contribution in [0.4, 0.5) is 5.69 Å². The first-order valence-electron chi connectivity index (χ1n) is 8.94. The van der Waals surface area contributed by atoms with E-state index in [4.69, 9.17) is 0 Å². The van der Waals surface area contributed by atoms with E-state index in [1.165, 1.54) is 18.7 Å². The standard InChI is InChI=1S/C21H22N4O2S/c1-14-6-4-5-7-18(14)20-23-24-21(25(20)3)28-13-12-19(27)22-17-10-8-16(9-11-17)15(2)26/h4-11H,12-13H2,1-3H3,(H,22,27). The van der Waals surface area contributed by atoms with Crippen LogP contribution in [0.5, 0.6) is 0 Å². The van der Waals surface area contributed by atoms with E-state index in [2.05, 4.69) is 15.5 Å². The van der Waals surface area contributed by atoms with Crippen molar-refractivity contribution in [1.29, 1.82) is 0 Å². The van der Waals surface area contributed by atoms with Crippen LogP contribution >= 0.6 is 11.8 Å². The lowest BCUT2D eigenvalue weighted by molar-refractivity contribution is -0.115. The molecule has 1 aromatic heterocycles. The number of rotatable bonds is 7. The van der Waals surface area contributed by atoms with Crippen LogP contribution in [-0.2, 0) is 11.8 Å². The van der Waals surface area contributed by atoms with Gasteiger partial charge >= 0.3 is 0 Å². The molecule has 0 saturated heterocycles. The molecule has 1 amide bonds. The Morgan fingerprint density at radius 2 is 1.79 bits per heavy atom. The van der Waals surface area contributed by atoms with Crippen molar-refractivity contribution in [1.82, 2.24) is 14.8 Å². The summed E-state index contributed by atoms with van der Waals surface area (Å²) in [5, 5.41) is 12.2. The monoisotopic (exact) mass is 394 g/mol. The zero-order valence-electron chi connectivity index (χ0n) is 16.1. The fourth-order valence-electron chi connectivity index (χ4n) is 2.75. The van der Waals surface area contributed by atoms with Gasteiger partial charge in [0.25, 0.3) is 0 Å². The number of ketones is 1. The molecule has 0 aliphatic heterocycles. The number of aromatic nitrogens is 3. The fraction of sp³-hybridized carbons (Fsp3) is 0.238. The minimum absolute atomic E-state index is 0.00280. The number of nitrogens with one attached hydrogen (secondary N) is 1. The van der Waals surface area contributed by atoms with Gasteiger partial charge in [0.05, 0.1) is 0 Å². The van der Waals surface area contributed by atoms with Gasteiger partial charge < -0.3 is 9.88 Å². The quantitative estimate of drug-likeness (QED) is 0.482. The zero-order chi connectivity index (χ0) is 20.1.